The minimum Gasteiger partial charge on any atom is -1.00 e. The van der Waals surface area contributed by atoms with Crippen LogP contribution in [0, 0.1) is 0 Å². The van der Waals surface area contributed by atoms with Crippen molar-refractivity contribution in [2.75, 3.05) is 33.8 Å². The number of nitrogens with zero attached hydrogens (tertiary/aromatic N) is 1. The first kappa shape index (κ1) is 22.2. The summed E-state index contributed by atoms with van der Waals surface area (Å²) in [5.74, 6) is -0.633. The second-order valence-corrected chi connectivity index (χ2v) is 6.91. The molecular formula is C21H28ClNO3. The number of hydrogen-bond donors (Lipinski definition) is 1. The molecule has 5 heteroatoms. The van der Waals surface area contributed by atoms with Crippen LogP contribution >= 0.6 is 0 Å². The molecule has 2 rings (SSSR count). The summed E-state index contributed by atoms with van der Waals surface area (Å²) in [4.78, 5) is 12.8. The average molecular weight is 378 g/mol. The summed E-state index contributed by atoms with van der Waals surface area (Å²) in [5.41, 5.74) is -0.774. The quantitative estimate of drug-likeness (QED) is 0.399. The van der Waals surface area contributed by atoms with Gasteiger partial charge in [-0.1, -0.05) is 60.7 Å². The van der Waals surface area contributed by atoms with E-state index in [9.17, 15) is 9.90 Å². The number of ether oxygens (including phenoxy) is 1. The summed E-state index contributed by atoms with van der Waals surface area (Å²) in [5, 5.41) is 11.2. The summed E-state index contributed by atoms with van der Waals surface area (Å²) >= 11 is 0. The van der Waals surface area contributed by atoms with Gasteiger partial charge in [0.2, 0.25) is 5.60 Å². The SMILES string of the molecule is CC[N+](C)(C)CCCOC(=O)C(O)(c1ccccc1)c1ccccc1.[Cl-]. The molecule has 0 saturated heterocycles. The largest absolute Gasteiger partial charge is 1.00 e. The lowest BCUT2D eigenvalue weighted by atomic mass is 9.86. The van der Waals surface area contributed by atoms with Crippen LogP contribution in [0.25, 0.3) is 0 Å². The Morgan fingerprint density at radius 1 is 1.00 bits per heavy atom. The minimum atomic E-state index is -1.79. The molecule has 0 amide bonds. The normalized spacial score (nSPS) is 11.5. The molecule has 0 heterocycles. The number of hydrogen-bond acceptors (Lipinski definition) is 3. The van der Waals surface area contributed by atoms with Gasteiger partial charge in [-0.3, -0.25) is 0 Å². The van der Waals surface area contributed by atoms with Crippen molar-refractivity contribution in [2.24, 2.45) is 0 Å². The van der Waals surface area contributed by atoms with Gasteiger partial charge in [0.1, 0.15) is 0 Å². The fourth-order valence-corrected chi connectivity index (χ4v) is 2.68. The Balaban J connectivity index is 0.00000338. The Morgan fingerprint density at radius 3 is 1.88 bits per heavy atom. The van der Waals surface area contributed by atoms with Crippen LogP contribution in [0.1, 0.15) is 24.5 Å². The summed E-state index contributed by atoms with van der Waals surface area (Å²) in [7, 11) is 4.29. The monoisotopic (exact) mass is 377 g/mol. The molecule has 142 valence electrons. The summed E-state index contributed by atoms with van der Waals surface area (Å²) in [6.07, 6.45) is 0.756. The maximum absolute atomic E-state index is 12.8. The number of benzene rings is 2. The fourth-order valence-electron chi connectivity index (χ4n) is 2.68. The van der Waals surface area contributed by atoms with Gasteiger partial charge in [0.15, 0.2) is 0 Å². The van der Waals surface area contributed by atoms with Crippen molar-refractivity contribution in [3.8, 4) is 0 Å². The minimum absolute atomic E-state index is 0. The summed E-state index contributed by atoms with van der Waals surface area (Å²) < 4.78 is 6.33. The van der Waals surface area contributed by atoms with E-state index < -0.39 is 11.6 Å². The van der Waals surface area contributed by atoms with E-state index in [1.807, 2.05) is 12.1 Å². The first-order valence-corrected chi connectivity index (χ1v) is 8.73. The van der Waals surface area contributed by atoms with Crippen molar-refractivity contribution in [3.05, 3.63) is 71.8 Å². The van der Waals surface area contributed by atoms with E-state index in [2.05, 4.69) is 21.0 Å². The molecule has 0 aliphatic carbocycles. The number of rotatable bonds is 8. The van der Waals surface area contributed by atoms with Gasteiger partial charge in [-0.2, -0.15) is 0 Å². The highest BCUT2D eigenvalue weighted by molar-refractivity contribution is 5.85. The number of esters is 1. The molecule has 0 unspecified atom stereocenters. The molecule has 2 aromatic carbocycles. The molecule has 0 aliphatic rings. The first-order valence-electron chi connectivity index (χ1n) is 8.73. The van der Waals surface area contributed by atoms with Crippen molar-refractivity contribution >= 4 is 5.97 Å². The van der Waals surface area contributed by atoms with Crippen molar-refractivity contribution < 1.29 is 31.5 Å². The Hall–Kier alpha value is -1.88. The summed E-state index contributed by atoms with van der Waals surface area (Å²) in [6, 6.07) is 17.9. The van der Waals surface area contributed by atoms with Crippen LogP contribution < -0.4 is 12.4 Å². The first-order chi connectivity index (χ1) is 11.9. The molecule has 0 spiro atoms. The van der Waals surface area contributed by atoms with Crippen molar-refractivity contribution in [2.45, 2.75) is 18.9 Å². The predicted molar refractivity (Wildman–Crippen MR) is 99.0 cm³/mol. The maximum Gasteiger partial charge on any atom is 0.347 e. The number of halogens is 1. The lowest BCUT2D eigenvalue weighted by molar-refractivity contribution is -0.888. The summed E-state index contributed by atoms with van der Waals surface area (Å²) in [6.45, 7) is 4.36. The van der Waals surface area contributed by atoms with Gasteiger partial charge in [0.05, 0.1) is 33.8 Å². The smallest absolute Gasteiger partial charge is 0.347 e. The highest BCUT2D eigenvalue weighted by Crippen LogP contribution is 2.31. The molecule has 4 nitrogen and oxygen atoms in total. The Kier molecular flexibility index (Phi) is 8.28. The van der Waals surface area contributed by atoms with E-state index >= 15 is 0 Å². The Labute approximate surface area is 162 Å². The predicted octanol–water partition coefficient (Wildman–Crippen LogP) is -0.0439. The second-order valence-electron chi connectivity index (χ2n) is 6.91. The van der Waals surface area contributed by atoms with Crippen LogP contribution in [0.2, 0.25) is 0 Å². The zero-order valence-corrected chi connectivity index (χ0v) is 16.4. The van der Waals surface area contributed by atoms with Crippen LogP contribution in [0.15, 0.2) is 60.7 Å². The average Bonchev–Trinajstić information content (AvgIpc) is 2.65. The lowest BCUT2D eigenvalue weighted by Gasteiger charge is -2.29. The van der Waals surface area contributed by atoms with Crippen molar-refractivity contribution in [1.29, 1.82) is 0 Å². The van der Waals surface area contributed by atoms with Crippen molar-refractivity contribution in [1.82, 2.24) is 0 Å². The molecule has 0 radical (unpaired) electrons. The molecular weight excluding hydrogens is 350 g/mol. The van der Waals surface area contributed by atoms with E-state index in [1.165, 1.54) is 0 Å². The second kappa shape index (κ2) is 9.72. The van der Waals surface area contributed by atoms with Crippen LogP contribution in [-0.4, -0.2) is 49.4 Å². The number of carbonyl (C=O) groups excluding carboxylic acids is 1. The zero-order chi connectivity index (χ0) is 18.3. The van der Waals surface area contributed by atoms with E-state index in [4.69, 9.17) is 4.74 Å². The molecule has 0 aromatic heterocycles. The van der Waals surface area contributed by atoms with Crippen LogP contribution in [0.4, 0.5) is 0 Å². The van der Waals surface area contributed by atoms with Gasteiger partial charge in [-0.05, 0) is 18.1 Å². The zero-order valence-electron chi connectivity index (χ0n) is 15.7. The van der Waals surface area contributed by atoms with Gasteiger partial charge in [-0.15, -0.1) is 0 Å². The van der Waals surface area contributed by atoms with Gasteiger partial charge >= 0.3 is 5.97 Å². The molecule has 0 aliphatic heterocycles. The fraction of sp³-hybridized carbons (Fsp3) is 0.381. The number of carbonyl (C=O) groups is 1. The maximum atomic E-state index is 12.8. The molecule has 1 N–H and O–H groups in total. The Morgan fingerprint density at radius 2 is 1.46 bits per heavy atom. The van der Waals surface area contributed by atoms with E-state index in [-0.39, 0.29) is 12.4 Å². The van der Waals surface area contributed by atoms with Gasteiger partial charge in [0, 0.05) is 6.42 Å². The lowest BCUT2D eigenvalue weighted by Crippen LogP contribution is -3.00. The third-order valence-corrected chi connectivity index (χ3v) is 4.68. The number of quaternary nitrogens is 1. The topological polar surface area (TPSA) is 46.5 Å². The van der Waals surface area contributed by atoms with E-state index in [1.54, 1.807) is 48.5 Å². The van der Waals surface area contributed by atoms with Crippen molar-refractivity contribution in [3.63, 3.8) is 0 Å². The third-order valence-electron chi connectivity index (χ3n) is 4.68. The molecule has 0 atom stereocenters. The molecule has 0 bridgehead atoms. The molecule has 0 fully saturated rings. The number of aliphatic hydroxyl groups is 1. The standard InChI is InChI=1S/C21H28NO3.ClH/c1-4-22(2,3)16-11-17-25-20(23)21(24,18-12-7-5-8-13-18)19-14-9-6-10-15-19;/h5-10,12-15,24H,4,11,16-17H2,1-3H3;1H/q+1;/p-1. The highest BCUT2D eigenvalue weighted by atomic mass is 35.5. The van der Waals surface area contributed by atoms with E-state index in [0.29, 0.717) is 17.7 Å². The molecule has 0 saturated carbocycles. The molecule has 26 heavy (non-hydrogen) atoms. The Bertz CT molecular complexity index is 635. The van der Waals surface area contributed by atoms with Gasteiger partial charge in [0.25, 0.3) is 0 Å². The van der Waals surface area contributed by atoms with Crippen LogP contribution in [0.3, 0.4) is 0 Å². The van der Waals surface area contributed by atoms with E-state index in [0.717, 1.165) is 24.0 Å². The molecule has 2 aromatic rings. The van der Waals surface area contributed by atoms with Crippen LogP contribution in [0.5, 0.6) is 0 Å². The van der Waals surface area contributed by atoms with Gasteiger partial charge in [-0.25, -0.2) is 4.79 Å². The van der Waals surface area contributed by atoms with Gasteiger partial charge < -0.3 is 26.7 Å². The highest BCUT2D eigenvalue weighted by Gasteiger charge is 2.41. The van der Waals surface area contributed by atoms with Crippen LogP contribution in [-0.2, 0) is 15.1 Å². The third kappa shape index (κ3) is 5.31.